The SMILES string of the molecule is CCCc1cc(OC(F)F)cc(C(C)C)c1NC(=O)N=S(N)(=O)c1sc(C(C)(C)O)cc1F. The van der Waals surface area contributed by atoms with Crippen molar-refractivity contribution in [1.82, 2.24) is 0 Å². The third-order valence-electron chi connectivity index (χ3n) is 4.57. The summed E-state index contributed by atoms with van der Waals surface area (Å²) in [6, 6.07) is 2.70. The Morgan fingerprint density at radius 1 is 1.33 bits per heavy atom. The molecule has 0 aliphatic carbocycles. The summed E-state index contributed by atoms with van der Waals surface area (Å²) in [6.07, 6.45) is 1.08. The number of halogens is 3. The van der Waals surface area contributed by atoms with Crippen molar-refractivity contribution in [3.05, 3.63) is 40.0 Å². The van der Waals surface area contributed by atoms with E-state index >= 15 is 0 Å². The Kier molecular flexibility index (Phi) is 8.55. The predicted molar refractivity (Wildman–Crippen MR) is 123 cm³/mol. The van der Waals surface area contributed by atoms with Gasteiger partial charge in [-0.05, 0) is 55.5 Å². The number of carbonyl (C=O) groups excluding carboxylic acids is 1. The van der Waals surface area contributed by atoms with Gasteiger partial charge in [-0.15, -0.1) is 15.7 Å². The van der Waals surface area contributed by atoms with Crippen LogP contribution in [0, 0.1) is 5.82 Å². The molecule has 0 saturated carbocycles. The molecule has 33 heavy (non-hydrogen) atoms. The molecule has 2 rings (SSSR count). The number of amides is 2. The van der Waals surface area contributed by atoms with E-state index in [1.807, 2.05) is 6.92 Å². The second kappa shape index (κ2) is 10.4. The van der Waals surface area contributed by atoms with Crippen molar-refractivity contribution in [2.45, 2.75) is 69.8 Å². The van der Waals surface area contributed by atoms with Gasteiger partial charge < -0.3 is 15.2 Å². The highest BCUT2D eigenvalue weighted by atomic mass is 32.2. The normalized spacial score (nSPS) is 13.8. The van der Waals surface area contributed by atoms with Crippen LogP contribution >= 0.6 is 11.3 Å². The van der Waals surface area contributed by atoms with Crippen LogP contribution in [-0.4, -0.2) is 22.0 Å². The number of hydrogen-bond donors (Lipinski definition) is 3. The van der Waals surface area contributed by atoms with Gasteiger partial charge in [0.05, 0.1) is 5.60 Å². The maximum atomic E-state index is 14.4. The number of aryl methyl sites for hydroxylation is 1. The summed E-state index contributed by atoms with van der Waals surface area (Å²) in [6.45, 7) is 5.32. The van der Waals surface area contributed by atoms with Gasteiger partial charge in [-0.2, -0.15) is 8.78 Å². The van der Waals surface area contributed by atoms with Crippen LogP contribution in [0.3, 0.4) is 0 Å². The smallest absolute Gasteiger partial charge is 0.387 e. The van der Waals surface area contributed by atoms with Crippen molar-refractivity contribution in [3.63, 3.8) is 0 Å². The number of nitrogens with two attached hydrogens (primary N) is 1. The predicted octanol–water partition coefficient (Wildman–Crippen LogP) is 5.72. The molecule has 0 radical (unpaired) electrons. The second-order valence-corrected chi connectivity index (χ2v) is 11.3. The Balaban J connectivity index is 2.49. The minimum absolute atomic E-state index is 0.0467. The van der Waals surface area contributed by atoms with Crippen LogP contribution in [0.25, 0.3) is 0 Å². The van der Waals surface area contributed by atoms with E-state index in [-0.39, 0.29) is 16.5 Å². The summed E-state index contributed by atoms with van der Waals surface area (Å²) in [7, 11) is -3.96. The van der Waals surface area contributed by atoms with Crippen LogP contribution in [0.1, 0.15) is 63.0 Å². The third kappa shape index (κ3) is 6.92. The standard InChI is InChI=1S/C21H28F3N3O4S2/c1-6-7-12-8-13(31-19(23)24)9-14(11(2)3)17(12)26-20(28)27-33(25,30)18-15(22)10-16(32-18)21(4,5)29/h8-11,19,29H,6-7H2,1-5H3,(H3,25,26,27,28,30). The number of nitrogens with one attached hydrogen (secondary N) is 1. The van der Waals surface area contributed by atoms with Crippen LogP contribution in [0.15, 0.2) is 26.8 Å². The van der Waals surface area contributed by atoms with Gasteiger partial charge in [0.25, 0.3) is 0 Å². The quantitative estimate of drug-likeness (QED) is 0.424. The van der Waals surface area contributed by atoms with Gasteiger partial charge >= 0.3 is 12.6 Å². The zero-order valence-corrected chi connectivity index (χ0v) is 20.6. The van der Waals surface area contributed by atoms with Gasteiger partial charge in [-0.1, -0.05) is 27.2 Å². The van der Waals surface area contributed by atoms with Crippen molar-refractivity contribution in [3.8, 4) is 5.75 Å². The fraction of sp³-hybridized carbons (Fsp3) is 0.476. The molecule has 1 aromatic carbocycles. The van der Waals surface area contributed by atoms with Gasteiger partial charge in [0.2, 0.25) is 0 Å². The number of rotatable bonds is 8. The first-order valence-electron chi connectivity index (χ1n) is 10.1. The topological polar surface area (TPSA) is 114 Å². The van der Waals surface area contributed by atoms with Gasteiger partial charge in [0.1, 0.15) is 5.75 Å². The zero-order valence-electron chi connectivity index (χ0n) is 18.9. The van der Waals surface area contributed by atoms with Gasteiger partial charge in [-0.25, -0.2) is 18.5 Å². The minimum Gasteiger partial charge on any atom is -0.435 e. The molecule has 0 saturated heterocycles. The molecule has 0 bridgehead atoms. The number of urea groups is 1. The lowest BCUT2D eigenvalue weighted by molar-refractivity contribution is -0.0499. The van der Waals surface area contributed by atoms with Crippen molar-refractivity contribution < 1.29 is 32.0 Å². The van der Waals surface area contributed by atoms with E-state index in [0.717, 1.165) is 6.07 Å². The van der Waals surface area contributed by atoms with Crippen molar-refractivity contribution in [2.24, 2.45) is 9.50 Å². The Hall–Kier alpha value is -2.15. The Bertz CT molecular complexity index is 1130. The van der Waals surface area contributed by atoms with Crippen molar-refractivity contribution >= 4 is 33.0 Å². The van der Waals surface area contributed by atoms with Crippen LogP contribution in [-0.2, 0) is 21.9 Å². The number of hydrogen-bond acceptors (Lipinski definition) is 5. The van der Waals surface area contributed by atoms with Crippen LogP contribution in [0.4, 0.5) is 23.7 Å². The first-order valence-corrected chi connectivity index (χ1v) is 12.5. The molecular formula is C21H28F3N3O4S2. The molecule has 2 aromatic rings. The molecule has 0 aliphatic heterocycles. The highest BCUT2D eigenvalue weighted by Gasteiger charge is 2.26. The Morgan fingerprint density at radius 3 is 2.45 bits per heavy atom. The molecule has 4 N–H and O–H groups in total. The lowest BCUT2D eigenvalue weighted by Gasteiger charge is -2.19. The summed E-state index contributed by atoms with van der Waals surface area (Å²) in [5.74, 6) is -1.18. The molecule has 1 atom stereocenters. The molecular weight excluding hydrogens is 479 g/mol. The minimum atomic E-state index is -3.96. The Morgan fingerprint density at radius 2 is 1.97 bits per heavy atom. The van der Waals surface area contributed by atoms with Gasteiger partial charge in [0.15, 0.2) is 19.9 Å². The third-order valence-corrected chi connectivity index (χ3v) is 7.91. The van der Waals surface area contributed by atoms with Crippen LogP contribution in [0.2, 0.25) is 0 Å². The fourth-order valence-electron chi connectivity index (χ4n) is 3.09. The summed E-state index contributed by atoms with van der Waals surface area (Å²) in [5.41, 5.74) is -0.0419. The highest BCUT2D eigenvalue weighted by molar-refractivity contribution is 7.93. The van der Waals surface area contributed by atoms with Crippen LogP contribution in [0.5, 0.6) is 5.75 Å². The summed E-state index contributed by atoms with van der Waals surface area (Å²) in [4.78, 5) is 12.8. The molecule has 1 heterocycles. The highest BCUT2D eigenvalue weighted by Crippen LogP contribution is 2.35. The number of nitrogens with zero attached hydrogens (tertiary/aromatic N) is 1. The average Bonchev–Trinajstić information content (AvgIpc) is 3.05. The molecule has 2 amide bonds. The van der Waals surface area contributed by atoms with E-state index in [2.05, 4.69) is 14.4 Å². The molecule has 1 unspecified atom stereocenters. The number of aliphatic hydroxyl groups is 1. The summed E-state index contributed by atoms with van der Waals surface area (Å²) in [5, 5.41) is 18.3. The number of carbonyl (C=O) groups is 1. The van der Waals surface area contributed by atoms with E-state index in [0.29, 0.717) is 41.0 Å². The molecule has 0 spiro atoms. The molecule has 7 nitrogen and oxygen atoms in total. The molecule has 1 aromatic heterocycles. The molecule has 0 aliphatic rings. The molecule has 184 valence electrons. The lowest BCUT2D eigenvalue weighted by atomic mass is 9.95. The number of ether oxygens (including phenoxy) is 1. The largest absolute Gasteiger partial charge is 0.435 e. The second-order valence-electron chi connectivity index (χ2n) is 8.22. The van der Waals surface area contributed by atoms with Gasteiger partial charge in [0, 0.05) is 10.6 Å². The van der Waals surface area contributed by atoms with E-state index < -0.39 is 38.2 Å². The Labute approximate surface area is 195 Å². The number of benzene rings is 1. The average molecular weight is 508 g/mol. The van der Waals surface area contributed by atoms with E-state index in [1.165, 1.54) is 26.0 Å². The van der Waals surface area contributed by atoms with E-state index in [1.54, 1.807) is 13.8 Å². The van der Waals surface area contributed by atoms with E-state index in [9.17, 15) is 27.3 Å². The summed E-state index contributed by atoms with van der Waals surface area (Å²) < 4.78 is 60.3. The first-order chi connectivity index (χ1) is 15.2. The molecule has 0 fully saturated rings. The van der Waals surface area contributed by atoms with Crippen LogP contribution < -0.4 is 15.2 Å². The number of anilines is 1. The summed E-state index contributed by atoms with van der Waals surface area (Å²) >= 11 is 0.662. The fourth-order valence-corrected chi connectivity index (χ4v) is 5.43. The monoisotopic (exact) mass is 507 g/mol. The zero-order chi connectivity index (χ0) is 25.1. The number of alkyl halides is 2. The van der Waals surface area contributed by atoms with Crippen molar-refractivity contribution in [1.29, 1.82) is 0 Å². The lowest BCUT2D eigenvalue weighted by Crippen LogP contribution is -2.19. The number of thiophene rings is 1. The van der Waals surface area contributed by atoms with E-state index in [4.69, 9.17) is 5.14 Å². The molecule has 12 heteroatoms. The van der Waals surface area contributed by atoms with Crippen molar-refractivity contribution in [2.75, 3.05) is 5.32 Å². The maximum Gasteiger partial charge on any atom is 0.387 e. The van der Waals surface area contributed by atoms with Gasteiger partial charge in [-0.3, -0.25) is 0 Å². The maximum absolute atomic E-state index is 14.4. The first kappa shape index (κ1) is 27.1.